The fraction of sp³-hybridized carbons (Fsp3) is 1.00. The van der Waals surface area contributed by atoms with Gasteiger partial charge in [0.2, 0.25) is 0 Å². The Morgan fingerprint density at radius 3 is 1.57 bits per heavy atom. The Morgan fingerprint density at radius 2 is 1.19 bits per heavy atom. The Bertz CT molecular complexity index is 565. The highest BCUT2D eigenvalue weighted by atomic mass is 31.2. The van der Waals surface area contributed by atoms with Gasteiger partial charge in [-0.1, -0.05) is 110 Å². The lowest BCUT2D eigenvalue weighted by atomic mass is 9.84. The molecule has 0 bridgehead atoms. The highest BCUT2D eigenvalue weighted by Gasteiger charge is 2.36. The Hall–Kier alpha value is -0.0100. The first kappa shape index (κ1) is 37.0. The molecule has 8 heteroatoms. The molecule has 2 unspecified atom stereocenters. The van der Waals surface area contributed by atoms with E-state index in [9.17, 15) is 4.57 Å². The number of likely N-dealkylation sites (N-methyl/N-ethyl adjacent to an activating group) is 1. The Kier molecular flexibility index (Phi) is 21.8. The SMILES string of the molecule is CCCCCCCCCCCCCCCCCCOCC(C)(COC)CC(COP(=O)(O)O)[N+](C)(C)C. The first-order chi connectivity index (χ1) is 17.4. The molecule has 0 fully saturated rings. The molecule has 0 aromatic rings. The second-order valence-electron chi connectivity index (χ2n) is 12.4. The van der Waals surface area contributed by atoms with Gasteiger partial charge in [-0.05, 0) is 6.42 Å². The van der Waals surface area contributed by atoms with E-state index in [4.69, 9.17) is 23.8 Å². The number of quaternary nitrogens is 1. The van der Waals surface area contributed by atoms with Crippen molar-refractivity contribution in [2.24, 2.45) is 5.41 Å². The molecule has 0 saturated carbocycles. The molecular weight excluding hydrogens is 489 g/mol. The zero-order valence-corrected chi connectivity index (χ0v) is 26.2. The lowest BCUT2D eigenvalue weighted by Crippen LogP contribution is -2.51. The van der Waals surface area contributed by atoms with Gasteiger partial charge in [-0.3, -0.25) is 4.52 Å². The van der Waals surface area contributed by atoms with Crippen LogP contribution in [0.15, 0.2) is 0 Å². The lowest BCUT2D eigenvalue weighted by Gasteiger charge is -2.39. The van der Waals surface area contributed by atoms with Gasteiger partial charge in [0.1, 0.15) is 12.6 Å². The summed E-state index contributed by atoms with van der Waals surface area (Å²) >= 11 is 0. The van der Waals surface area contributed by atoms with Crippen molar-refractivity contribution >= 4 is 7.82 Å². The summed E-state index contributed by atoms with van der Waals surface area (Å²) in [4.78, 5) is 18.3. The molecule has 37 heavy (non-hydrogen) atoms. The molecular formula is C29H63NO6P+. The van der Waals surface area contributed by atoms with E-state index in [1.807, 2.05) is 21.1 Å². The van der Waals surface area contributed by atoms with Gasteiger partial charge in [0.15, 0.2) is 0 Å². The predicted octanol–water partition coefficient (Wildman–Crippen LogP) is 7.49. The fourth-order valence-electron chi connectivity index (χ4n) is 4.89. The first-order valence-electron chi connectivity index (χ1n) is 15.0. The largest absolute Gasteiger partial charge is 0.469 e. The van der Waals surface area contributed by atoms with E-state index < -0.39 is 7.82 Å². The van der Waals surface area contributed by atoms with E-state index in [0.29, 0.717) is 24.1 Å². The third kappa shape index (κ3) is 23.6. The van der Waals surface area contributed by atoms with Gasteiger partial charge in [-0.15, -0.1) is 0 Å². The van der Waals surface area contributed by atoms with Crippen molar-refractivity contribution < 1.29 is 32.8 Å². The molecule has 0 amide bonds. The fourth-order valence-corrected chi connectivity index (χ4v) is 5.25. The Morgan fingerprint density at radius 1 is 0.757 bits per heavy atom. The topological polar surface area (TPSA) is 85.2 Å². The van der Waals surface area contributed by atoms with E-state index >= 15 is 0 Å². The number of rotatable bonds is 27. The average molecular weight is 553 g/mol. The first-order valence-corrected chi connectivity index (χ1v) is 16.5. The lowest BCUT2D eigenvalue weighted by molar-refractivity contribution is -0.897. The number of phosphoric acid groups is 1. The van der Waals surface area contributed by atoms with Gasteiger partial charge < -0.3 is 23.7 Å². The number of phosphoric ester groups is 1. The highest BCUT2D eigenvalue weighted by Crippen LogP contribution is 2.37. The second kappa shape index (κ2) is 21.8. The number of hydrogen-bond donors (Lipinski definition) is 2. The molecule has 0 saturated heterocycles. The maximum Gasteiger partial charge on any atom is 0.469 e. The Labute approximate surface area is 229 Å². The Balaban J connectivity index is 3.93. The van der Waals surface area contributed by atoms with Crippen LogP contribution in [0.1, 0.15) is 123 Å². The molecule has 0 aliphatic rings. The zero-order valence-electron chi connectivity index (χ0n) is 25.3. The maximum absolute atomic E-state index is 11.2. The van der Waals surface area contributed by atoms with Crippen molar-refractivity contribution in [3.8, 4) is 0 Å². The van der Waals surface area contributed by atoms with E-state index in [1.165, 1.54) is 96.3 Å². The van der Waals surface area contributed by atoms with Crippen LogP contribution in [0.5, 0.6) is 0 Å². The van der Waals surface area contributed by atoms with Gasteiger partial charge >= 0.3 is 7.82 Å². The minimum Gasteiger partial charge on any atom is -0.384 e. The summed E-state index contributed by atoms with van der Waals surface area (Å²) < 4.78 is 28.1. The summed E-state index contributed by atoms with van der Waals surface area (Å²) in [6.45, 7) is 6.22. The number of methoxy groups -OCH3 is 1. The van der Waals surface area contributed by atoms with Gasteiger partial charge in [-0.2, -0.15) is 0 Å². The monoisotopic (exact) mass is 552 g/mol. The molecule has 0 aliphatic heterocycles. The molecule has 2 N–H and O–H groups in total. The van der Waals surface area contributed by atoms with Crippen molar-refractivity contribution in [2.75, 3.05) is 54.7 Å². The van der Waals surface area contributed by atoms with E-state index in [0.717, 1.165) is 13.0 Å². The van der Waals surface area contributed by atoms with Crippen LogP contribution in [0.2, 0.25) is 0 Å². The van der Waals surface area contributed by atoms with Crippen LogP contribution in [-0.4, -0.2) is 75.0 Å². The summed E-state index contributed by atoms with van der Waals surface area (Å²) in [5, 5.41) is 0. The molecule has 0 spiro atoms. The van der Waals surface area contributed by atoms with Gasteiger partial charge in [-0.25, -0.2) is 4.57 Å². The van der Waals surface area contributed by atoms with E-state index in [2.05, 4.69) is 13.8 Å². The minimum absolute atomic E-state index is 0.00773. The van der Waals surface area contributed by atoms with E-state index in [-0.39, 0.29) is 18.1 Å². The summed E-state index contributed by atoms with van der Waals surface area (Å²) in [6.07, 6.45) is 22.4. The third-order valence-electron chi connectivity index (χ3n) is 7.34. The molecule has 224 valence electrons. The van der Waals surface area contributed by atoms with Crippen molar-refractivity contribution in [1.82, 2.24) is 0 Å². The van der Waals surface area contributed by atoms with Crippen molar-refractivity contribution in [3.63, 3.8) is 0 Å². The van der Waals surface area contributed by atoms with Crippen molar-refractivity contribution in [3.05, 3.63) is 0 Å². The number of unbranched alkanes of at least 4 members (excludes halogenated alkanes) is 15. The van der Waals surface area contributed by atoms with Gasteiger partial charge in [0.25, 0.3) is 0 Å². The summed E-state index contributed by atoms with van der Waals surface area (Å²) in [5.74, 6) is 0. The molecule has 0 heterocycles. The van der Waals surface area contributed by atoms with Crippen LogP contribution in [-0.2, 0) is 18.6 Å². The quantitative estimate of drug-likeness (QED) is 0.0624. The van der Waals surface area contributed by atoms with Gasteiger partial charge in [0, 0.05) is 25.6 Å². The molecule has 0 rings (SSSR count). The number of hydrogen-bond acceptors (Lipinski definition) is 4. The maximum atomic E-state index is 11.2. The summed E-state index contributed by atoms with van der Waals surface area (Å²) in [7, 11) is 3.22. The summed E-state index contributed by atoms with van der Waals surface area (Å²) in [5.41, 5.74) is -0.252. The molecule has 7 nitrogen and oxygen atoms in total. The van der Waals surface area contributed by atoms with Crippen molar-refractivity contribution in [2.45, 2.75) is 129 Å². The highest BCUT2D eigenvalue weighted by molar-refractivity contribution is 7.46. The number of ether oxygens (including phenoxy) is 2. The van der Waals surface area contributed by atoms with Gasteiger partial charge in [0.05, 0.1) is 34.4 Å². The zero-order chi connectivity index (χ0) is 28.0. The van der Waals surface area contributed by atoms with Crippen LogP contribution in [0.4, 0.5) is 0 Å². The predicted molar refractivity (Wildman–Crippen MR) is 155 cm³/mol. The smallest absolute Gasteiger partial charge is 0.384 e. The molecule has 0 aromatic carbocycles. The van der Waals surface area contributed by atoms with Crippen LogP contribution >= 0.6 is 7.82 Å². The standard InChI is InChI=1S/C29H62NO6P/c1-7-8-9-10-11-12-13-14-15-16-17-18-19-20-21-22-23-35-27-29(2,26-34-6)24-28(30(3,4)5)25-36-37(31,32)33/h28H,7-27H2,1-6H3,(H-,31,32,33)/p+1. The minimum atomic E-state index is -4.50. The molecule has 0 aromatic heterocycles. The third-order valence-corrected chi connectivity index (χ3v) is 7.83. The second-order valence-corrected chi connectivity index (χ2v) is 13.6. The molecule has 0 aliphatic carbocycles. The number of nitrogens with zero attached hydrogens (tertiary/aromatic N) is 1. The molecule has 0 radical (unpaired) electrons. The van der Waals surface area contributed by atoms with Crippen molar-refractivity contribution in [1.29, 1.82) is 0 Å². The summed E-state index contributed by atoms with van der Waals surface area (Å²) in [6, 6.07) is -0.0908. The van der Waals surface area contributed by atoms with Crippen LogP contribution < -0.4 is 0 Å². The van der Waals surface area contributed by atoms with Crippen LogP contribution in [0, 0.1) is 5.41 Å². The van der Waals surface area contributed by atoms with Crippen LogP contribution in [0.25, 0.3) is 0 Å². The average Bonchev–Trinajstić information content (AvgIpc) is 2.80. The molecule has 2 atom stereocenters. The van der Waals surface area contributed by atoms with E-state index in [1.54, 1.807) is 7.11 Å². The normalized spacial score (nSPS) is 15.1. The van der Waals surface area contributed by atoms with Crippen LogP contribution in [0.3, 0.4) is 0 Å².